The summed E-state index contributed by atoms with van der Waals surface area (Å²) in [5, 5.41) is 3.48. The van der Waals surface area contributed by atoms with Crippen LogP contribution in [-0.4, -0.2) is 36.6 Å². The summed E-state index contributed by atoms with van der Waals surface area (Å²) < 4.78 is 0. The molecule has 0 aliphatic rings. The number of rotatable bonds is 8. The summed E-state index contributed by atoms with van der Waals surface area (Å²) in [6.07, 6.45) is 3.27. The molecule has 0 fully saturated rings. The van der Waals surface area contributed by atoms with E-state index in [-0.39, 0.29) is 5.54 Å². The summed E-state index contributed by atoms with van der Waals surface area (Å²) >= 11 is 0. The lowest BCUT2D eigenvalue weighted by Crippen LogP contribution is -2.60. The first-order valence-electron chi connectivity index (χ1n) is 6.98. The van der Waals surface area contributed by atoms with Gasteiger partial charge in [0.1, 0.15) is 0 Å². The van der Waals surface area contributed by atoms with Crippen LogP contribution in [0.15, 0.2) is 0 Å². The van der Waals surface area contributed by atoms with Gasteiger partial charge < -0.3 is 5.32 Å². The Morgan fingerprint density at radius 1 is 1.12 bits per heavy atom. The third-order valence-electron chi connectivity index (χ3n) is 4.10. The largest absolute Gasteiger partial charge is 0.314 e. The van der Waals surface area contributed by atoms with Crippen LogP contribution in [0.4, 0.5) is 0 Å². The lowest BCUT2D eigenvalue weighted by Gasteiger charge is -2.47. The SMILES string of the molecule is CC#CCC(NC)C(CC)(CC)N(CC)CC. The maximum Gasteiger partial charge on any atom is 0.0366 e. The molecule has 0 amide bonds. The third kappa shape index (κ3) is 3.72. The lowest BCUT2D eigenvalue weighted by atomic mass is 9.81. The molecule has 0 heterocycles. The molecule has 0 aromatic heterocycles. The summed E-state index contributed by atoms with van der Waals surface area (Å²) in [7, 11) is 2.06. The van der Waals surface area contributed by atoms with Crippen molar-refractivity contribution in [2.24, 2.45) is 0 Å². The molecule has 100 valence electrons. The molecule has 17 heavy (non-hydrogen) atoms. The van der Waals surface area contributed by atoms with E-state index in [1.54, 1.807) is 0 Å². The van der Waals surface area contributed by atoms with E-state index >= 15 is 0 Å². The summed E-state index contributed by atoms with van der Waals surface area (Å²) in [5.41, 5.74) is 0.238. The smallest absolute Gasteiger partial charge is 0.0366 e. The molecule has 0 aliphatic carbocycles. The van der Waals surface area contributed by atoms with E-state index in [9.17, 15) is 0 Å². The first kappa shape index (κ1) is 16.5. The zero-order valence-corrected chi connectivity index (χ0v) is 12.6. The van der Waals surface area contributed by atoms with Crippen LogP contribution >= 0.6 is 0 Å². The van der Waals surface area contributed by atoms with Crippen LogP contribution in [0.5, 0.6) is 0 Å². The van der Waals surface area contributed by atoms with Gasteiger partial charge in [-0.25, -0.2) is 0 Å². The molecule has 0 radical (unpaired) electrons. The number of likely N-dealkylation sites (N-methyl/N-ethyl adjacent to an activating group) is 2. The van der Waals surface area contributed by atoms with Crippen molar-refractivity contribution >= 4 is 0 Å². The predicted octanol–water partition coefficient (Wildman–Crippen LogP) is 2.89. The molecule has 0 saturated carbocycles. The van der Waals surface area contributed by atoms with Gasteiger partial charge in [-0.2, -0.15) is 0 Å². The van der Waals surface area contributed by atoms with Gasteiger partial charge in [-0.15, -0.1) is 11.8 Å². The van der Waals surface area contributed by atoms with E-state index < -0.39 is 0 Å². The third-order valence-corrected chi connectivity index (χ3v) is 4.10. The lowest BCUT2D eigenvalue weighted by molar-refractivity contribution is 0.0536. The maximum absolute atomic E-state index is 3.48. The van der Waals surface area contributed by atoms with Crippen molar-refractivity contribution in [3.05, 3.63) is 0 Å². The average molecular weight is 238 g/mol. The van der Waals surface area contributed by atoms with Crippen molar-refractivity contribution in [2.75, 3.05) is 20.1 Å². The molecule has 0 bridgehead atoms. The monoisotopic (exact) mass is 238 g/mol. The first-order valence-corrected chi connectivity index (χ1v) is 6.98. The van der Waals surface area contributed by atoms with Crippen LogP contribution in [0.2, 0.25) is 0 Å². The highest BCUT2D eigenvalue weighted by molar-refractivity contribution is 5.06. The summed E-state index contributed by atoms with van der Waals surface area (Å²) in [5.74, 6) is 6.26. The van der Waals surface area contributed by atoms with Crippen molar-refractivity contribution in [3.63, 3.8) is 0 Å². The second-order valence-electron chi connectivity index (χ2n) is 4.46. The zero-order valence-electron chi connectivity index (χ0n) is 12.6. The minimum atomic E-state index is 0.238. The predicted molar refractivity (Wildman–Crippen MR) is 77.1 cm³/mol. The molecule has 0 aliphatic heterocycles. The van der Waals surface area contributed by atoms with Gasteiger partial charge in [-0.1, -0.05) is 27.7 Å². The molecule has 1 unspecified atom stereocenters. The van der Waals surface area contributed by atoms with Gasteiger partial charge in [-0.3, -0.25) is 4.90 Å². The van der Waals surface area contributed by atoms with Gasteiger partial charge in [0, 0.05) is 18.0 Å². The molecular formula is C15H30N2. The molecule has 1 N–H and O–H groups in total. The van der Waals surface area contributed by atoms with Crippen LogP contribution in [0.3, 0.4) is 0 Å². The van der Waals surface area contributed by atoms with Crippen molar-refractivity contribution in [1.29, 1.82) is 0 Å². The first-order chi connectivity index (χ1) is 8.16. The zero-order chi connectivity index (χ0) is 13.3. The molecule has 1 atom stereocenters. The molecule has 0 aromatic rings. The van der Waals surface area contributed by atoms with E-state index in [0.29, 0.717) is 6.04 Å². The average Bonchev–Trinajstić information content (AvgIpc) is 2.38. The Bertz CT molecular complexity index is 241. The molecular weight excluding hydrogens is 208 g/mol. The molecule has 0 aromatic carbocycles. The Kier molecular flexibility index (Phi) is 8.29. The van der Waals surface area contributed by atoms with Crippen molar-refractivity contribution < 1.29 is 0 Å². The summed E-state index contributed by atoms with van der Waals surface area (Å²) in [6.45, 7) is 13.2. The van der Waals surface area contributed by atoms with Crippen LogP contribution in [0.25, 0.3) is 0 Å². The Hall–Kier alpha value is -0.520. The Labute approximate surface area is 108 Å². The Morgan fingerprint density at radius 2 is 1.65 bits per heavy atom. The van der Waals surface area contributed by atoms with Gasteiger partial charge in [0.25, 0.3) is 0 Å². The number of hydrogen-bond acceptors (Lipinski definition) is 2. The van der Waals surface area contributed by atoms with E-state index in [1.807, 2.05) is 6.92 Å². The van der Waals surface area contributed by atoms with Gasteiger partial charge >= 0.3 is 0 Å². The number of hydrogen-bond donors (Lipinski definition) is 1. The van der Waals surface area contributed by atoms with Crippen LogP contribution in [-0.2, 0) is 0 Å². The summed E-state index contributed by atoms with van der Waals surface area (Å²) in [4.78, 5) is 2.59. The second-order valence-corrected chi connectivity index (χ2v) is 4.46. The van der Waals surface area contributed by atoms with Gasteiger partial charge in [0.05, 0.1) is 0 Å². The Balaban J connectivity index is 5.15. The van der Waals surface area contributed by atoms with Gasteiger partial charge in [0.2, 0.25) is 0 Å². The highest BCUT2D eigenvalue weighted by Crippen LogP contribution is 2.29. The molecule has 0 saturated heterocycles. The van der Waals surface area contributed by atoms with E-state index in [0.717, 1.165) is 19.5 Å². The van der Waals surface area contributed by atoms with Crippen LogP contribution < -0.4 is 5.32 Å². The molecule has 2 nitrogen and oxygen atoms in total. The quantitative estimate of drug-likeness (QED) is 0.654. The van der Waals surface area contributed by atoms with Crippen molar-refractivity contribution in [3.8, 4) is 11.8 Å². The minimum absolute atomic E-state index is 0.238. The fourth-order valence-corrected chi connectivity index (χ4v) is 3.03. The van der Waals surface area contributed by atoms with Crippen molar-refractivity contribution in [2.45, 2.75) is 65.5 Å². The molecule has 0 spiro atoms. The number of nitrogens with zero attached hydrogens (tertiary/aromatic N) is 1. The normalized spacial score (nSPS) is 13.4. The fraction of sp³-hybridized carbons (Fsp3) is 0.867. The standard InChI is InChI=1S/C15H30N2/c1-7-12-13-14(16-6)15(8-2,9-3)17(10-4)11-5/h14,16H,8-11,13H2,1-6H3. The van der Waals surface area contributed by atoms with E-state index in [4.69, 9.17) is 0 Å². The van der Waals surface area contributed by atoms with Gasteiger partial charge in [-0.05, 0) is 39.9 Å². The Morgan fingerprint density at radius 3 is 1.94 bits per heavy atom. The molecule has 2 heteroatoms. The van der Waals surface area contributed by atoms with Crippen LogP contribution in [0.1, 0.15) is 53.9 Å². The topological polar surface area (TPSA) is 15.3 Å². The highest BCUT2D eigenvalue weighted by atomic mass is 15.2. The fourth-order valence-electron chi connectivity index (χ4n) is 3.03. The maximum atomic E-state index is 3.48. The minimum Gasteiger partial charge on any atom is -0.314 e. The van der Waals surface area contributed by atoms with Gasteiger partial charge in [0.15, 0.2) is 0 Å². The number of nitrogens with one attached hydrogen (secondary N) is 1. The molecule has 0 rings (SSSR count). The van der Waals surface area contributed by atoms with Crippen molar-refractivity contribution in [1.82, 2.24) is 10.2 Å². The van der Waals surface area contributed by atoms with Crippen LogP contribution in [0, 0.1) is 11.8 Å². The highest BCUT2D eigenvalue weighted by Gasteiger charge is 2.38. The second kappa shape index (κ2) is 8.55. The van der Waals surface area contributed by atoms with E-state index in [1.165, 1.54) is 12.8 Å². The van der Waals surface area contributed by atoms with E-state index in [2.05, 4.69) is 56.8 Å². The summed E-state index contributed by atoms with van der Waals surface area (Å²) in [6, 6.07) is 0.449.